The first-order valence-corrected chi connectivity index (χ1v) is 6.91. The first kappa shape index (κ1) is 14.0. The molecule has 0 heterocycles. The average molecular weight is 263 g/mol. The largest absolute Gasteiger partial charge is 0.384 e. The Labute approximate surface area is 114 Å². The number of amidine groups is 1. The highest BCUT2D eigenvalue weighted by molar-refractivity contribution is 5.95. The summed E-state index contributed by atoms with van der Waals surface area (Å²) >= 11 is 0. The topological polar surface area (TPSA) is 53.1 Å². The van der Waals surface area contributed by atoms with Crippen LogP contribution in [0, 0.1) is 11.2 Å². The minimum atomic E-state index is -0.349. The summed E-state index contributed by atoms with van der Waals surface area (Å²) in [6.45, 7) is 0.581. The van der Waals surface area contributed by atoms with E-state index in [-0.39, 0.29) is 17.2 Å². The number of rotatable bonds is 4. The summed E-state index contributed by atoms with van der Waals surface area (Å²) in [7, 11) is 2.05. The maximum absolute atomic E-state index is 14.2. The van der Waals surface area contributed by atoms with Gasteiger partial charge in [0, 0.05) is 18.2 Å². The normalized spacial score (nSPS) is 16.8. The van der Waals surface area contributed by atoms with Crippen LogP contribution in [0.3, 0.4) is 0 Å². The summed E-state index contributed by atoms with van der Waals surface area (Å²) < 4.78 is 14.2. The number of nitrogens with two attached hydrogens (primary N) is 1. The van der Waals surface area contributed by atoms with E-state index in [1.807, 2.05) is 0 Å². The molecule has 0 unspecified atom stereocenters. The summed E-state index contributed by atoms with van der Waals surface area (Å²) in [5, 5.41) is 7.38. The molecular formula is C15H22FN3. The standard InChI is InChI=1S/C15H22FN3/c1-19(12-7-3-2-4-8-12)10-11-6-5-9-13(14(11)16)15(17)18/h5-6,9,12H,2-4,7-8,10H2,1H3,(H3,17,18). The molecule has 1 aromatic rings. The lowest BCUT2D eigenvalue weighted by atomic mass is 9.94. The zero-order chi connectivity index (χ0) is 13.8. The summed E-state index contributed by atoms with van der Waals surface area (Å²) in [4.78, 5) is 2.22. The number of hydrogen-bond donors (Lipinski definition) is 2. The summed E-state index contributed by atoms with van der Waals surface area (Å²) in [6.07, 6.45) is 6.25. The van der Waals surface area contributed by atoms with Crippen LogP contribution in [0.15, 0.2) is 18.2 Å². The van der Waals surface area contributed by atoms with Crippen molar-refractivity contribution in [2.24, 2.45) is 5.73 Å². The molecule has 2 rings (SSSR count). The third-order valence-electron chi connectivity index (χ3n) is 3.99. The number of nitrogen functional groups attached to an aromatic ring is 1. The smallest absolute Gasteiger partial charge is 0.138 e. The molecule has 104 valence electrons. The molecule has 1 fully saturated rings. The van der Waals surface area contributed by atoms with Gasteiger partial charge in [0.2, 0.25) is 0 Å². The number of benzene rings is 1. The molecule has 0 radical (unpaired) electrons. The maximum Gasteiger partial charge on any atom is 0.138 e. The first-order valence-electron chi connectivity index (χ1n) is 6.91. The highest BCUT2D eigenvalue weighted by atomic mass is 19.1. The molecule has 0 aromatic heterocycles. The van der Waals surface area contributed by atoms with Crippen LogP contribution in [0.4, 0.5) is 4.39 Å². The SMILES string of the molecule is CN(Cc1cccc(C(=N)N)c1F)C1CCCCC1. The molecule has 1 aliphatic carbocycles. The predicted molar refractivity (Wildman–Crippen MR) is 75.8 cm³/mol. The van der Waals surface area contributed by atoms with Crippen LogP contribution in [0.2, 0.25) is 0 Å². The first-order chi connectivity index (χ1) is 9.09. The lowest BCUT2D eigenvalue weighted by Crippen LogP contribution is -2.33. The minimum absolute atomic E-state index is 0.203. The van der Waals surface area contributed by atoms with Crippen molar-refractivity contribution in [3.05, 3.63) is 35.1 Å². The van der Waals surface area contributed by atoms with Gasteiger partial charge in [-0.05, 0) is 26.0 Å². The highest BCUT2D eigenvalue weighted by Gasteiger charge is 2.19. The van der Waals surface area contributed by atoms with E-state index >= 15 is 0 Å². The molecular weight excluding hydrogens is 241 g/mol. The fourth-order valence-electron chi connectivity index (χ4n) is 2.83. The molecule has 0 saturated heterocycles. The van der Waals surface area contributed by atoms with E-state index in [1.54, 1.807) is 18.2 Å². The predicted octanol–water partition coefficient (Wildman–Crippen LogP) is 2.87. The Bertz CT molecular complexity index is 453. The Hall–Kier alpha value is -1.42. The van der Waals surface area contributed by atoms with Gasteiger partial charge < -0.3 is 5.73 Å². The molecule has 0 spiro atoms. The minimum Gasteiger partial charge on any atom is -0.384 e. The number of halogens is 1. The van der Waals surface area contributed by atoms with Crippen molar-refractivity contribution in [1.29, 1.82) is 5.41 Å². The van der Waals surface area contributed by atoms with Crippen molar-refractivity contribution in [3.63, 3.8) is 0 Å². The maximum atomic E-state index is 14.2. The number of nitrogens with zero attached hydrogens (tertiary/aromatic N) is 1. The zero-order valence-corrected chi connectivity index (χ0v) is 11.5. The molecule has 3 N–H and O–H groups in total. The van der Waals surface area contributed by atoms with Crippen molar-refractivity contribution in [3.8, 4) is 0 Å². The summed E-state index contributed by atoms with van der Waals surface area (Å²) in [6, 6.07) is 5.65. The Morgan fingerprint density at radius 1 is 1.37 bits per heavy atom. The van der Waals surface area contributed by atoms with Crippen molar-refractivity contribution in [1.82, 2.24) is 4.90 Å². The second kappa shape index (κ2) is 6.15. The van der Waals surface area contributed by atoms with Gasteiger partial charge >= 0.3 is 0 Å². The Kier molecular flexibility index (Phi) is 4.53. The van der Waals surface area contributed by atoms with Gasteiger partial charge in [-0.2, -0.15) is 0 Å². The number of nitrogens with one attached hydrogen (secondary N) is 1. The second-order valence-electron chi connectivity index (χ2n) is 5.40. The molecule has 3 nitrogen and oxygen atoms in total. The molecule has 1 aromatic carbocycles. The van der Waals surface area contributed by atoms with Gasteiger partial charge in [-0.3, -0.25) is 10.3 Å². The van der Waals surface area contributed by atoms with Crippen molar-refractivity contribution in [2.75, 3.05) is 7.05 Å². The van der Waals surface area contributed by atoms with E-state index in [0.717, 1.165) is 0 Å². The lowest BCUT2D eigenvalue weighted by Gasteiger charge is -2.31. The van der Waals surface area contributed by atoms with E-state index < -0.39 is 0 Å². The van der Waals surface area contributed by atoms with Crippen LogP contribution in [0.1, 0.15) is 43.2 Å². The van der Waals surface area contributed by atoms with Gasteiger partial charge in [0.25, 0.3) is 0 Å². The summed E-state index contributed by atoms with van der Waals surface area (Å²) in [5.41, 5.74) is 6.22. The lowest BCUT2D eigenvalue weighted by molar-refractivity contribution is 0.182. The third-order valence-corrected chi connectivity index (χ3v) is 3.99. The monoisotopic (exact) mass is 263 g/mol. The molecule has 0 bridgehead atoms. The second-order valence-corrected chi connectivity index (χ2v) is 5.40. The Balaban J connectivity index is 2.10. The third kappa shape index (κ3) is 3.32. The van der Waals surface area contributed by atoms with Gasteiger partial charge in [-0.15, -0.1) is 0 Å². The fraction of sp³-hybridized carbons (Fsp3) is 0.533. The van der Waals surface area contributed by atoms with Crippen molar-refractivity contribution >= 4 is 5.84 Å². The van der Waals surface area contributed by atoms with E-state index in [4.69, 9.17) is 11.1 Å². The molecule has 0 atom stereocenters. The van der Waals surface area contributed by atoms with Crippen molar-refractivity contribution < 1.29 is 4.39 Å². The van der Waals surface area contributed by atoms with Gasteiger partial charge in [0.15, 0.2) is 0 Å². The molecule has 1 saturated carbocycles. The average Bonchev–Trinajstić information content (AvgIpc) is 2.41. The summed E-state index contributed by atoms with van der Waals surface area (Å²) in [5.74, 6) is -0.558. The van der Waals surface area contributed by atoms with Gasteiger partial charge in [0.05, 0.1) is 5.56 Å². The quantitative estimate of drug-likeness (QED) is 0.648. The van der Waals surface area contributed by atoms with Crippen LogP contribution in [0.5, 0.6) is 0 Å². The molecule has 19 heavy (non-hydrogen) atoms. The molecule has 4 heteroatoms. The van der Waals surface area contributed by atoms with E-state index in [1.165, 1.54) is 32.1 Å². The van der Waals surface area contributed by atoms with Gasteiger partial charge in [-0.1, -0.05) is 31.4 Å². The van der Waals surface area contributed by atoms with E-state index in [0.29, 0.717) is 18.2 Å². The van der Waals surface area contributed by atoms with E-state index in [9.17, 15) is 4.39 Å². The number of hydrogen-bond acceptors (Lipinski definition) is 2. The Morgan fingerprint density at radius 3 is 2.68 bits per heavy atom. The van der Waals surface area contributed by atoms with Crippen LogP contribution in [0.25, 0.3) is 0 Å². The van der Waals surface area contributed by atoms with Crippen LogP contribution in [-0.2, 0) is 6.54 Å². The Morgan fingerprint density at radius 2 is 2.05 bits per heavy atom. The van der Waals surface area contributed by atoms with Crippen molar-refractivity contribution in [2.45, 2.75) is 44.7 Å². The molecule has 0 aliphatic heterocycles. The van der Waals surface area contributed by atoms with Gasteiger partial charge in [-0.25, -0.2) is 4.39 Å². The zero-order valence-electron chi connectivity index (χ0n) is 11.5. The highest BCUT2D eigenvalue weighted by Crippen LogP contribution is 2.23. The van der Waals surface area contributed by atoms with Gasteiger partial charge in [0.1, 0.15) is 11.7 Å². The van der Waals surface area contributed by atoms with Crippen LogP contribution >= 0.6 is 0 Å². The van der Waals surface area contributed by atoms with E-state index in [2.05, 4.69) is 11.9 Å². The molecule has 1 aliphatic rings. The van der Waals surface area contributed by atoms with Crippen LogP contribution in [-0.4, -0.2) is 23.8 Å². The van der Waals surface area contributed by atoms with Crippen LogP contribution < -0.4 is 5.73 Å². The fourth-order valence-corrected chi connectivity index (χ4v) is 2.83. The molecule has 0 amide bonds.